The average molecular weight is 403 g/mol. The van der Waals surface area contributed by atoms with Crippen molar-refractivity contribution in [3.05, 3.63) is 83.9 Å². The van der Waals surface area contributed by atoms with Gasteiger partial charge in [0.05, 0.1) is 11.6 Å². The Labute approximate surface area is 174 Å². The van der Waals surface area contributed by atoms with Gasteiger partial charge in [0.1, 0.15) is 0 Å². The van der Waals surface area contributed by atoms with Crippen molar-refractivity contribution in [3.8, 4) is 22.6 Å². The maximum Gasteiger partial charge on any atom is 0.338 e. The van der Waals surface area contributed by atoms with Crippen molar-refractivity contribution >= 4 is 11.9 Å². The van der Waals surface area contributed by atoms with Crippen LogP contribution in [0.5, 0.6) is 11.5 Å². The fraction of sp³-hybridized carbons (Fsp3) is 0.167. The molecule has 1 N–H and O–H groups in total. The van der Waals surface area contributed by atoms with Crippen LogP contribution in [0.15, 0.2) is 72.8 Å². The number of ether oxygens (including phenoxy) is 3. The number of carbonyl (C=O) groups excluding carboxylic acids is 2. The van der Waals surface area contributed by atoms with Crippen LogP contribution in [0.3, 0.4) is 0 Å². The number of nitrogens with one attached hydrogen (secondary N) is 1. The summed E-state index contributed by atoms with van der Waals surface area (Å²) < 4.78 is 15.6. The molecule has 1 aliphatic rings. The third-order valence-electron chi connectivity index (χ3n) is 4.84. The molecule has 6 heteroatoms. The van der Waals surface area contributed by atoms with Crippen molar-refractivity contribution < 1.29 is 23.8 Å². The molecular formula is C24H21NO5. The van der Waals surface area contributed by atoms with Gasteiger partial charge in [-0.2, -0.15) is 0 Å². The van der Waals surface area contributed by atoms with Crippen molar-refractivity contribution in [3.63, 3.8) is 0 Å². The Morgan fingerprint density at radius 1 is 0.933 bits per heavy atom. The normalized spacial score (nSPS) is 12.8. The first-order valence-electron chi connectivity index (χ1n) is 9.61. The first kappa shape index (κ1) is 19.5. The Hall–Kier alpha value is -3.80. The number of carbonyl (C=O) groups is 2. The summed E-state index contributed by atoms with van der Waals surface area (Å²) in [6.45, 7) is 1.65. The summed E-state index contributed by atoms with van der Waals surface area (Å²) in [5.74, 6) is 0.102. The van der Waals surface area contributed by atoms with Gasteiger partial charge in [0.15, 0.2) is 18.1 Å². The molecule has 0 aliphatic carbocycles. The van der Waals surface area contributed by atoms with Gasteiger partial charge in [0.2, 0.25) is 6.79 Å². The summed E-state index contributed by atoms with van der Waals surface area (Å²) in [6, 6.07) is 22.6. The topological polar surface area (TPSA) is 73.9 Å². The van der Waals surface area contributed by atoms with Crippen LogP contribution >= 0.6 is 0 Å². The Morgan fingerprint density at radius 2 is 1.63 bits per heavy atom. The van der Waals surface area contributed by atoms with Gasteiger partial charge in [-0.1, -0.05) is 54.6 Å². The molecule has 0 aromatic heterocycles. The van der Waals surface area contributed by atoms with Gasteiger partial charge < -0.3 is 19.5 Å². The second-order valence-electron chi connectivity index (χ2n) is 6.92. The number of hydrogen-bond acceptors (Lipinski definition) is 5. The van der Waals surface area contributed by atoms with E-state index in [1.54, 1.807) is 18.2 Å². The third kappa shape index (κ3) is 4.43. The molecule has 0 saturated carbocycles. The van der Waals surface area contributed by atoms with Gasteiger partial charge in [0.25, 0.3) is 5.91 Å². The van der Waals surface area contributed by atoms with E-state index in [1.165, 1.54) is 0 Å². The van der Waals surface area contributed by atoms with E-state index in [2.05, 4.69) is 17.4 Å². The molecule has 1 heterocycles. The second kappa shape index (κ2) is 8.69. The maximum atomic E-state index is 12.2. The standard InChI is InChI=1S/C24H21NO5/c1-16(17-7-9-19(10-8-17)18-5-3-2-4-6-18)25-23(26)14-28-24(27)20-11-12-21-22(13-20)30-15-29-21/h2-13,16H,14-15H2,1H3,(H,25,26). The summed E-state index contributed by atoms with van der Waals surface area (Å²) in [5, 5.41) is 2.84. The number of hydrogen-bond donors (Lipinski definition) is 1. The second-order valence-corrected chi connectivity index (χ2v) is 6.92. The third-order valence-corrected chi connectivity index (χ3v) is 4.84. The van der Waals surface area contributed by atoms with Crippen molar-refractivity contribution in [1.82, 2.24) is 5.32 Å². The molecule has 0 fully saturated rings. The van der Waals surface area contributed by atoms with E-state index in [-0.39, 0.29) is 25.3 Å². The lowest BCUT2D eigenvalue weighted by atomic mass is 10.0. The van der Waals surface area contributed by atoms with E-state index in [0.717, 1.165) is 16.7 Å². The van der Waals surface area contributed by atoms with Crippen LogP contribution in [0.1, 0.15) is 28.9 Å². The summed E-state index contributed by atoms with van der Waals surface area (Å²) in [5.41, 5.74) is 3.51. The molecule has 1 aliphatic heterocycles. The highest BCUT2D eigenvalue weighted by atomic mass is 16.7. The zero-order valence-electron chi connectivity index (χ0n) is 16.5. The lowest BCUT2D eigenvalue weighted by Gasteiger charge is -2.15. The first-order chi connectivity index (χ1) is 14.6. The molecule has 4 rings (SSSR count). The van der Waals surface area contributed by atoms with Gasteiger partial charge >= 0.3 is 5.97 Å². The molecular weight excluding hydrogens is 382 g/mol. The van der Waals surface area contributed by atoms with Crippen molar-refractivity contribution in [1.29, 1.82) is 0 Å². The van der Waals surface area contributed by atoms with E-state index in [9.17, 15) is 9.59 Å². The maximum absolute atomic E-state index is 12.2. The van der Waals surface area contributed by atoms with Gasteiger partial charge in [-0.25, -0.2) is 4.79 Å². The van der Waals surface area contributed by atoms with E-state index in [0.29, 0.717) is 17.1 Å². The quantitative estimate of drug-likeness (QED) is 0.627. The highest BCUT2D eigenvalue weighted by molar-refractivity contribution is 5.92. The van der Waals surface area contributed by atoms with Crippen LogP contribution in [0.4, 0.5) is 0 Å². The summed E-state index contributed by atoms with van der Waals surface area (Å²) in [4.78, 5) is 24.4. The van der Waals surface area contributed by atoms with Crippen molar-refractivity contribution in [2.75, 3.05) is 13.4 Å². The minimum Gasteiger partial charge on any atom is -0.454 e. The molecule has 0 spiro atoms. The zero-order valence-corrected chi connectivity index (χ0v) is 16.5. The molecule has 0 radical (unpaired) electrons. The van der Waals surface area contributed by atoms with Crippen LogP contribution in [-0.4, -0.2) is 25.3 Å². The van der Waals surface area contributed by atoms with Crippen LogP contribution in [0.2, 0.25) is 0 Å². The number of amides is 1. The molecule has 6 nitrogen and oxygen atoms in total. The molecule has 1 unspecified atom stereocenters. The number of rotatable bonds is 6. The molecule has 30 heavy (non-hydrogen) atoms. The minimum atomic E-state index is -0.594. The monoisotopic (exact) mass is 403 g/mol. The van der Waals surface area contributed by atoms with E-state index < -0.39 is 5.97 Å². The Morgan fingerprint density at radius 3 is 2.40 bits per heavy atom. The van der Waals surface area contributed by atoms with Gasteiger partial charge in [0, 0.05) is 0 Å². The first-order valence-corrected chi connectivity index (χ1v) is 9.61. The molecule has 152 valence electrons. The van der Waals surface area contributed by atoms with E-state index in [1.807, 2.05) is 49.4 Å². The van der Waals surface area contributed by atoms with Crippen molar-refractivity contribution in [2.24, 2.45) is 0 Å². The van der Waals surface area contributed by atoms with Gasteiger partial charge in [-0.05, 0) is 41.8 Å². The summed E-state index contributed by atoms with van der Waals surface area (Å²) in [7, 11) is 0. The van der Waals surface area contributed by atoms with E-state index in [4.69, 9.17) is 14.2 Å². The fourth-order valence-electron chi connectivity index (χ4n) is 3.20. The number of benzene rings is 3. The highest BCUT2D eigenvalue weighted by Gasteiger charge is 2.18. The summed E-state index contributed by atoms with van der Waals surface area (Å²) >= 11 is 0. The highest BCUT2D eigenvalue weighted by Crippen LogP contribution is 2.32. The Balaban J connectivity index is 1.30. The van der Waals surface area contributed by atoms with Crippen LogP contribution in [0.25, 0.3) is 11.1 Å². The minimum absolute atomic E-state index is 0.125. The molecule has 1 amide bonds. The zero-order chi connectivity index (χ0) is 20.9. The van der Waals surface area contributed by atoms with Crippen LogP contribution in [-0.2, 0) is 9.53 Å². The molecule has 1 atom stereocenters. The lowest BCUT2D eigenvalue weighted by Crippen LogP contribution is -2.31. The molecule has 3 aromatic rings. The predicted octanol–water partition coefficient (Wildman–Crippen LogP) is 4.12. The Bertz CT molecular complexity index is 1050. The average Bonchev–Trinajstić information content (AvgIpc) is 3.26. The predicted molar refractivity (Wildman–Crippen MR) is 111 cm³/mol. The van der Waals surface area contributed by atoms with Crippen LogP contribution in [0, 0.1) is 0 Å². The van der Waals surface area contributed by atoms with Gasteiger partial charge in [-0.3, -0.25) is 4.79 Å². The molecule has 3 aromatic carbocycles. The number of fused-ring (bicyclic) bond motifs is 1. The largest absolute Gasteiger partial charge is 0.454 e. The van der Waals surface area contributed by atoms with Crippen molar-refractivity contribution in [2.45, 2.75) is 13.0 Å². The summed E-state index contributed by atoms with van der Waals surface area (Å²) in [6.07, 6.45) is 0. The smallest absolute Gasteiger partial charge is 0.338 e. The van der Waals surface area contributed by atoms with Crippen LogP contribution < -0.4 is 14.8 Å². The molecule has 0 bridgehead atoms. The number of esters is 1. The molecule has 0 saturated heterocycles. The van der Waals surface area contributed by atoms with E-state index >= 15 is 0 Å². The lowest BCUT2D eigenvalue weighted by molar-refractivity contribution is -0.124. The Kier molecular flexibility index (Phi) is 5.66. The SMILES string of the molecule is CC(NC(=O)COC(=O)c1ccc2c(c1)OCO2)c1ccc(-c2ccccc2)cc1. The fourth-order valence-corrected chi connectivity index (χ4v) is 3.20. The van der Waals surface area contributed by atoms with Gasteiger partial charge in [-0.15, -0.1) is 0 Å².